The highest BCUT2D eigenvalue weighted by atomic mass is 16.2. The number of rotatable bonds is 5. The molecule has 0 spiro atoms. The van der Waals surface area contributed by atoms with Crippen molar-refractivity contribution in [1.82, 2.24) is 4.98 Å². The number of anilines is 2. The van der Waals surface area contributed by atoms with Gasteiger partial charge in [0.15, 0.2) is 0 Å². The molecule has 0 aliphatic rings. The van der Waals surface area contributed by atoms with Crippen LogP contribution in [0.15, 0.2) is 109 Å². The summed E-state index contributed by atoms with van der Waals surface area (Å²) in [4.78, 5) is 30.8. The maximum atomic E-state index is 13.5. The summed E-state index contributed by atoms with van der Waals surface area (Å²) >= 11 is 0. The Hall–Kier alpha value is -4.77. The van der Waals surface area contributed by atoms with Crippen molar-refractivity contribution in [2.45, 2.75) is 6.92 Å². The number of nitrogens with one attached hydrogen (secondary N) is 2. The van der Waals surface area contributed by atoms with Crippen molar-refractivity contribution in [2.24, 2.45) is 0 Å². The Balaban J connectivity index is 1.45. The molecule has 4 aromatic carbocycles. The minimum atomic E-state index is -0.244. The minimum absolute atomic E-state index is 0.211. The first kappa shape index (κ1) is 22.0. The van der Waals surface area contributed by atoms with Gasteiger partial charge in [0.25, 0.3) is 11.8 Å². The third-order valence-corrected chi connectivity index (χ3v) is 5.69. The number of hydrogen-bond donors (Lipinski definition) is 2. The van der Waals surface area contributed by atoms with Crippen LogP contribution < -0.4 is 10.6 Å². The molecule has 1 heterocycles. The summed E-state index contributed by atoms with van der Waals surface area (Å²) in [7, 11) is 0. The first-order valence-corrected chi connectivity index (χ1v) is 11.3. The summed E-state index contributed by atoms with van der Waals surface area (Å²) in [6, 6.07) is 33.6. The summed E-state index contributed by atoms with van der Waals surface area (Å²) in [5, 5.41) is 6.65. The lowest BCUT2D eigenvalue weighted by Crippen LogP contribution is -2.14. The van der Waals surface area contributed by atoms with E-state index in [4.69, 9.17) is 4.98 Å². The van der Waals surface area contributed by atoms with Crippen molar-refractivity contribution in [1.29, 1.82) is 0 Å². The summed E-state index contributed by atoms with van der Waals surface area (Å²) in [5.41, 5.74) is 5.75. The van der Waals surface area contributed by atoms with Crippen LogP contribution >= 0.6 is 0 Å². The Kier molecular flexibility index (Phi) is 6.05. The molecule has 1 aromatic heterocycles. The third kappa shape index (κ3) is 4.94. The van der Waals surface area contributed by atoms with E-state index in [9.17, 15) is 9.59 Å². The van der Waals surface area contributed by atoms with E-state index in [-0.39, 0.29) is 11.8 Å². The number of aryl methyl sites for hydroxylation is 1. The van der Waals surface area contributed by atoms with Crippen LogP contribution in [0, 0.1) is 6.92 Å². The highest BCUT2D eigenvalue weighted by molar-refractivity contribution is 6.13. The highest BCUT2D eigenvalue weighted by Gasteiger charge is 2.15. The van der Waals surface area contributed by atoms with Crippen LogP contribution in [0.3, 0.4) is 0 Å². The van der Waals surface area contributed by atoms with E-state index in [2.05, 4.69) is 10.6 Å². The fraction of sp³-hybridized carbons (Fsp3) is 0.0333. The second kappa shape index (κ2) is 9.61. The fourth-order valence-electron chi connectivity index (χ4n) is 3.95. The summed E-state index contributed by atoms with van der Waals surface area (Å²) in [5.74, 6) is -0.455. The Morgan fingerprint density at radius 2 is 1.31 bits per heavy atom. The lowest BCUT2D eigenvalue weighted by molar-refractivity contribution is 0.102. The van der Waals surface area contributed by atoms with Gasteiger partial charge in [0, 0.05) is 27.9 Å². The zero-order valence-electron chi connectivity index (χ0n) is 19.2. The van der Waals surface area contributed by atoms with E-state index in [1.165, 1.54) is 0 Å². The molecule has 0 aliphatic carbocycles. The summed E-state index contributed by atoms with van der Waals surface area (Å²) < 4.78 is 0. The molecule has 170 valence electrons. The molecule has 0 aliphatic heterocycles. The quantitative estimate of drug-likeness (QED) is 0.308. The van der Waals surface area contributed by atoms with Gasteiger partial charge in [-0.1, -0.05) is 66.2 Å². The Bertz CT molecular complexity index is 1530. The molecule has 5 heteroatoms. The second-order valence-corrected chi connectivity index (χ2v) is 8.30. The zero-order valence-corrected chi connectivity index (χ0v) is 19.2. The molecule has 35 heavy (non-hydrogen) atoms. The standard InChI is InChI=1S/C30H23N3O2/c1-20-15-16-27-25(17-20)26(19-28(33-27)21-9-4-2-5-10-21)30(35)32-24-14-8-13-23(18-24)31-29(34)22-11-6-3-7-12-22/h2-19H,1H3,(H,31,34)(H,32,35). The lowest BCUT2D eigenvalue weighted by atomic mass is 10.0. The largest absolute Gasteiger partial charge is 0.322 e. The zero-order chi connectivity index (χ0) is 24.2. The Labute approximate surface area is 203 Å². The van der Waals surface area contributed by atoms with Gasteiger partial charge in [0.1, 0.15) is 0 Å². The predicted octanol–water partition coefficient (Wildman–Crippen LogP) is 6.71. The minimum Gasteiger partial charge on any atom is -0.322 e. The van der Waals surface area contributed by atoms with Crippen LogP contribution in [-0.2, 0) is 0 Å². The number of nitrogens with zero attached hydrogens (tertiary/aromatic N) is 1. The Morgan fingerprint density at radius 1 is 0.657 bits per heavy atom. The maximum absolute atomic E-state index is 13.5. The van der Waals surface area contributed by atoms with Crippen LogP contribution in [0.2, 0.25) is 0 Å². The van der Waals surface area contributed by atoms with Gasteiger partial charge in [-0.25, -0.2) is 4.98 Å². The van der Waals surface area contributed by atoms with Crippen molar-refractivity contribution in [3.63, 3.8) is 0 Å². The fourth-order valence-corrected chi connectivity index (χ4v) is 3.95. The normalized spacial score (nSPS) is 10.7. The number of pyridine rings is 1. The van der Waals surface area contributed by atoms with E-state index < -0.39 is 0 Å². The molecule has 2 amide bonds. The van der Waals surface area contributed by atoms with Crippen LogP contribution in [0.1, 0.15) is 26.3 Å². The SMILES string of the molecule is Cc1ccc2nc(-c3ccccc3)cc(C(=O)Nc3cccc(NC(=O)c4ccccc4)c3)c2c1. The number of hydrogen-bond acceptors (Lipinski definition) is 3. The average Bonchev–Trinajstić information content (AvgIpc) is 2.89. The van der Waals surface area contributed by atoms with E-state index in [1.54, 1.807) is 36.4 Å². The number of carbonyl (C=O) groups is 2. The molecule has 0 radical (unpaired) electrons. The molecule has 0 unspecified atom stereocenters. The molecule has 2 N–H and O–H groups in total. The molecule has 0 saturated carbocycles. The third-order valence-electron chi connectivity index (χ3n) is 5.69. The number of carbonyl (C=O) groups excluding carboxylic acids is 2. The van der Waals surface area contributed by atoms with Crippen molar-refractivity contribution in [3.8, 4) is 11.3 Å². The molecule has 0 atom stereocenters. The van der Waals surface area contributed by atoms with Crippen LogP contribution in [0.5, 0.6) is 0 Å². The van der Waals surface area contributed by atoms with Gasteiger partial charge >= 0.3 is 0 Å². The molecular formula is C30H23N3O2. The number of fused-ring (bicyclic) bond motifs is 1. The summed E-state index contributed by atoms with van der Waals surface area (Å²) in [6.45, 7) is 1.99. The molecule has 5 rings (SSSR count). The first-order valence-electron chi connectivity index (χ1n) is 11.3. The van der Waals surface area contributed by atoms with E-state index in [0.717, 1.165) is 27.7 Å². The summed E-state index contributed by atoms with van der Waals surface area (Å²) in [6.07, 6.45) is 0. The van der Waals surface area contributed by atoms with E-state index in [0.29, 0.717) is 22.5 Å². The van der Waals surface area contributed by atoms with Gasteiger partial charge < -0.3 is 10.6 Å². The highest BCUT2D eigenvalue weighted by Crippen LogP contribution is 2.27. The van der Waals surface area contributed by atoms with Crippen LogP contribution in [0.4, 0.5) is 11.4 Å². The van der Waals surface area contributed by atoms with E-state index in [1.807, 2.05) is 79.7 Å². The maximum Gasteiger partial charge on any atom is 0.256 e. The van der Waals surface area contributed by atoms with Crippen LogP contribution in [-0.4, -0.2) is 16.8 Å². The second-order valence-electron chi connectivity index (χ2n) is 8.30. The smallest absolute Gasteiger partial charge is 0.256 e. The van der Waals surface area contributed by atoms with Crippen molar-refractivity contribution in [2.75, 3.05) is 10.6 Å². The average molecular weight is 458 g/mol. The molecule has 0 saturated heterocycles. The van der Waals surface area contributed by atoms with Gasteiger partial charge in [-0.15, -0.1) is 0 Å². The lowest BCUT2D eigenvalue weighted by Gasteiger charge is -2.12. The molecular weight excluding hydrogens is 434 g/mol. The number of benzene rings is 4. The van der Waals surface area contributed by atoms with Crippen LogP contribution in [0.25, 0.3) is 22.2 Å². The number of amides is 2. The molecule has 5 nitrogen and oxygen atoms in total. The first-order chi connectivity index (χ1) is 17.1. The van der Waals surface area contributed by atoms with Crippen molar-refractivity contribution >= 4 is 34.1 Å². The number of aromatic nitrogens is 1. The molecule has 0 fully saturated rings. The van der Waals surface area contributed by atoms with Gasteiger partial charge in [0.2, 0.25) is 0 Å². The van der Waals surface area contributed by atoms with E-state index >= 15 is 0 Å². The molecule has 0 bridgehead atoms. The molecule has 5 aromatic rings. The Morgan fingerprint density at radius 3 is 2.03 bits per heavy atom. The van der Waals surface area contributed by atoms with Gasteiger partial charge in [0.05, 0.1) is 16.8 Å². The monoisotopic (exact) mass is 457 g/mol. The predicted molar refractivity (Wildman–Crippen MR) is 141 cm³/mol. The van der Waals surface area contributed by atoms with Gasteiger partial charge in [-0.3, -0.25) is 9.59 Å². The topological polar surface area (TPSA) is 71.1 Å². The van der Waals surface area contributed by atoms with Crippen molar-refractivity contribution in [3.05, 3.63) is 126 Å². The van der Waals surface area contributed by atoms with Gasteiger partial charge in [-0.2, -0.15) is 0 Å². The van der Waals surface area contributed by atoms with Crippen molar-refractivity contribution < 1.29 is 9.59 Å². The van der Waals surface area contributed by atoms with Gasteiger partial charge in [-0.05, 0) is 55.5 Å².